The van der Waals surface area contributed by atoms with Crippen molar-refractivity contribution in [2.24, 2.45) is 0 Å². The fourth-order valence-electron chi connectivity index (χ4n) is 4.53. The van der Waals surface area contributed by atoms with Crippen molar-refractivity contribution in [1.82, 2.24) is 15.0 Å². The molecular weight excluding hydrogens is 456 g/mol. The average Bonchev–Trinajstić information content (AvgIpc) is 3.17. The van der Waals surface area contributed by atoms with Crippen LogP contribution in [0, 0.1) is 0 Å². The summed E-state index contributed by atoms with van der Waals surface area (Å²) in [6.07, 6.45) is 3.98. The number of nitrogens with one attached hydrogen (secondary N) is 3. The Kier molecular flexibility index (Phi) is 5.70. The molecule has 1 unspecified atom stereocenters. The number of hydrogen-bond donors (Lipinski definition) is 3. The number of fused-ring (bicyclic) bond motifs is 2. The predicted molar refractivity (Wildman–Crippen MR) is 127 cm³/mol. The number of para-hydroxylation sites is 1. The zero-order chi connectivity index (χ0) is 23.9. The fraction of sp³-hybridized carbons (Fsp3) is 0.292. The highest BCUT2D eigenvalue weighted by Crippen LogP contribution is 2.28. The SMILES string of the molecule is O=C1NCCCCC1NS(=O)(=O)c1ccc2[nH]cc(C(=O)N3CCc4ccccc43)c(=O)c2c1. The van der Waals surface area contributed by atoms with E-state index < -0.39 is 27.4 Å². The molecular formula is C24H24N4O5S. The van der Waals surface area contributed by atoms with Crippen LogP contribution in [0.15, 0.2) is 58.4 Å². The third kappa shape index (κ3) is 3.99. The molecule has 0 saturated carbocycles. The van der Waals surface area contributed by atoms with E-state index in [2.05, 4.69) is 15.0 Å². The Labute approximate surface area is 196 Å². The van der Waals surface area contributed by atoms with Gasteiger partial charge in [0.15, 0.2) is 0 Å². The molecule has 34 heavy (non-hydrogen) atoms. The molecule has 2 aliphatic heterocycles. The zero-order valence-electron chi connectivity index (χ0n) is 18.3. The Morgan fingerprint density at radius 2 is 1.91 bits per heavy atom. The maximum Gasteiger partial charge on any atom is 0.263 e. The number of anilines is 1. The molecule has 1 fully saturated rings. The lowest BCUT2D eigenvalue weighted by atomic mass is 10.1. The van der Waals surface area contributed by atoms with E-state index >= 15 is 0 Å². The van der Waals surface area contributed by atoms with Gasteiger partial charge in [-0.3, -0.25) is 14.4 Å². The minimum Gasteiger partial charge on any atom is -0.360 e. The maximum absolute atomic E-state index is 13.3. The van der Waals surface area contributed by atoms with Gasteiger partial charge < -0.3 is 15.2 Å². The summed E-state index contributed by atoms with van der Waals surface area (Å²) in [6, 6.07) is 10.8. The first-order valence-electron chi connectivity index (χ1n) is 11.2. The molecule has 176 valence electrons. The van der Waals surface area contributed by atoms with E-state index in [9.17, 15) is 22.8 Å². The molecule has 0 aliphatic carbocycles. The summed E-state index contributed by atoms with van der Waals surface area (Å²) in [4.78, 5) is 43.0. The Morgan fingerprint density at radius 3 is 2.76 bits per heavy atom. The van der Waals surface area contributed by atoms with Gasteiger partial charge in [-0.15, -0.1) is 0 Å². The minimum atomic E-state index is -4.06. The molecule has 10 heteroatoms. The van der Waals surface area contributed by atoms with Crippen LogP contribution in [0.3, 0.4) is 0 Å². The molecule has 2 aliphatic rings. The highest BCUT2D eigenvalue weighted by atomic mass is 32.2. The molecule has 1 aromatic heterocycles. The van der Waals surface area contributed by atoms with Crippen LogP contribution in [0.4, 0.5) is 5.69 Å². The van der Waals surface area contributed by atoms with Gasteiger partial charge in [-0.05, 0) is 55.5 Å². The number of carbonyl (C=O) groups excluding carboxylic acids is 2. The summed E-state index contributed by atoms with van der Waals surface area (Å²) in [5.41, 5.74) is 1.61. The van der Waals surface area contributed by atoms with Crippen LogP contribution in [0.2, 0.25) is 0 Å². The van der Waals surface area contributed by atoms with Crippen LogP contribution < -0.4 is 20.4 Å². The highest BCUT2D eigenvalue weighted by Gasteiger charge is 2.29. The minimum absolute atomic E-state index is 0.0603. The Balaban J connectivity index is 1.49. The summed E-state index contributed by atoms with van der Waals surface area (Å²) in [6.45, 7) is 0.984. The number of hydrogen-bond acceptors (Lipinski definition) is 5. The van der Waals surface area contributed by atoms with Gasteiger partial charge in [0, 0.05) is 35.9 Å². The normalized spacial score (nSPS) is 18.4. The third-order valence-electron chi connectivity index (χ3n) is 6.36. The molecule has 2 amide bonds. The molecule has 0 bridgehead atoms. The lowest BCUT2D eigenvalue weighted by molar-refractivity contribution is -0.122. The summed E-state index contributed by atoms with van der Waals surface area (Å²) in [5, 5.41) is 2.79. The number of amides is 2. The maximum atomic E-state index is 13.3. The Morgan fingerprint density at radius 1 is 1.09 bits per heavy atom. The molecule has 3 N–H and O–H groups in total. The molecule has 0 radical (unpaired) electrons. The predicted octanol–water partition coefficient (Wildman–Crippen LogP) is 1.68. The molecule has 9 nitrogen and oxygen atoms in total. The molecule has 1 saturated heterocycles. The molecule has 3 heterocycles. The van der Waals surface area contributed by atoms with Crippen molar-refractivity contribution in [2.45, 2.75) is 36.6 Å². The Hall–Kier alpha value is -3.50. The van der Waals surface area contributed by atoms with Crippen molar-refractivity contribution >= 4 is 38.4 Å². The fourth-order valence-corrected chi connectivity index (χ4v) is 5.78. The number of H-pyrrole nitrogens is 1. The molecule has 3 aromatic rings. The van der Waals surface area contributed by atoms with Gasteiger partial charge in [0.05, 0.1) is 4.90 Å². The third-order valence-corrected chi connectivity index (χ3v) is 7.83. The largest absolute Gasteiger partial charge is 0.360 e. The van der Waals surface area contributed by atoms with Crippen molar-refractivity contribution in [3.8, 4) is 0 Å². The van der Waals surface area contributed by atoms with Gasteiger partial charge in [0.25, 0.3) is 5.91 Å². The summed E-state index contributed by atoms with van der Waals surface area (Å²) in [5.74, 6) is -0.798. The second-order valence-corrected chi connectivity index (χ2v) is 10.2. The lowest BCUT2D eigenvalue weighted by Gasteiger charge is -2.17. The van der Waals surface area contributed by atoms with E-state index in [0.717, 1.165) is 17.7 Å². The van der Waals surface area contributed by atoms with Gasteiger partial charge in [0.2, 0.25) is 21.4 Å². The van der Waals surface area contributed by atoms with Crippen LogP contribution in [0.5, 0.6) is 0 Å². The van der Waals surface area contributed by atoms with Gasteiger partial charge >= 0.3 is 0 Å². The summed E-state index contributed by atoms with van der Waals surface area (Å²) < 4.78 is 28.5. The summed E-state index contributed by atoms with van der Waals surface area (Å²) >= 11 is 0. The van der Waals surface area contributed by atoms with Crippen molar-refractivity contribution in [2.75, 3.05) is 18.0 Å². The average molecular weight is 481 g/mol. The van der Waals surface area contributed by atoms with E-state index in [-0.39, 0.29) is 21.8 Å². The molecule has 1 atom stereocenters. The topological polar surface area (TPSA) is 128 Å². The quantitative estimate of drug-likeness (QED) is 0.523. The monoisotopic (exact) mass is 480 g/mol. The van der Waals surface area contributed by atoms with Crippen molar-refractivity contribution in [1.29, 1.82) is 0 Å². The van der Waals surface area contributed by atoms with E-state index in [1.165, 1.54) is 24.4 Å². The first-order chi connectivity index (χ1) is 16.3. The van der Waals surface area contributed by atoms with E-state index in [0.29, 0.717) is 37.9 Å². The molecule has 5 rings (SSSR count). The van der Waals surface area contributed by atoms with Crippen LogP contribution in [-0.4, -0.2) is 44.3 Å². The molecule has 0 spiro atoms. The number of aromatic nitrogens is 1. The highest BCUT2D eigenvalue weighted by molar-refractivity contribution is 7.89. The first kappa shape index (κ1) is 22.3. The smallest absolute Gasteiger partial charge is 0.263 e. The van der Waals surface area contributed by atoms with E-state index in [1.54, 1.807) is 4.90 Å². The van der Waals surface area contributed by atoms with Gasteiger partial charge in [-0.2, -0.15) is 4.72 Å². The van der Waals surface area contributed by atoms with Crippen molar-refractivity contribution in [3.63, 3.8) is 0 Å². The van der Waals surface area contributed by atoms with Crippen molar-refractivity contribution in [3.05, 3.63) is 70.0 Å². The van der Waals surface area contributed by atoms with Gasteiger partial charge in [-0.25, -0.2) is 8.42 Å². The number of rotatable bonds is 4. The standard InChI is InChI=1S/C24H24N4O5S/c29-22-17-13-16(34(32,33)27-20-6-3-4-11-25-23(20)30)8-9-19(17)26-14-18(22)24(31)28-12-10-15-5-1-2-7-21(15)28/h1-2,5,7-9,13-14,20,27H,3-4,6,10-12H2,(H,25,30)(H,26,29). The molecule has 2 aromatic carbocycles. The van der Waals surface area contributed by atoms with Crippen LogP contribution >= 0.6 is 0 Å². The number of benzene rings is 2. The second-order valence-electron chi connectivity index (χ2n) is 8.54. The van der Waals surface area contributed by atoms with E-state index in [4.69, 9.17) is 0 Å². The van der Waals surface area contributed by atoms with Gasteiger partial charge in [0.1, 0.15) is 11.6 Å². The number of sulfonamides is 1. The van der Waals surface area contributed by atoms with Crippen LogP contribution in [0.1, 0.15) is 35.2 Å². The van der Waals surface area contributed by atoms with Crippen LogP contribution in [-0.2, 0) is 21.2 Å². The van der Waals surface area contributed by atoms with Crippen molar-refractivity contribution < 1.29 is 18.0 Å². The number of aromatic amines is 1. The zero-order valence-corrected chi connectivity index (χ0v) is 19.2. The number of carbonyl (C=O) groups is 2. The van der Waals surface area contributed by atoms with Crippen LogP contribution in [0.25, 0.3) is 10.9 Å². The Bertz CT molecular complexity index is 1460. The number of nitrogens with zero attached hydrogens (tertiary/aromatic N) is 1. The van der Waals surface area contributed by atoms with Gasteiger partial charge in [-0.1, -0.05) is 18.2 Å². The van der Waals surface area contributed by atoms with E-state index in [1.807, 2.05) is 24.3 Å². The first-order valence-corrected chi connectivity index (χ1v) is 12.7. The summed E-state index contributed by atoms with van der Waals surface area (Å²) in [7, 11) is -4.06. The lowest BCUT2D eigenvalue weighted by Crippen LogP contribution is -2.45. The number of pyridine rings is 1. The second kappa shape index (κ2) is 8.69.